The highest BCUT2D eigenvalue weighted by molar-refractivity contribution is 6.46. The average molecular weight is 421 g/mol. The zero-order valence-electron chi connectivity index (χ0n) is 17.7. The molecule has 1 amide bonds. The standard InChI is InChI=1S/C25H27NO5/c1-15(2)31-20-12-6-8-17(14-20)23(28)21-22(16-7-5-11-19(27)13-16)26(25(30)24(21)29)18-9-3-4-10-18/h5-8,11-15,18,22,27-28H,3-4,9-10H2,1-2H3/b23-21-. The predicted molar refractivity (Wildman–Crippen MR) is 117 cm³/mol. The zero-order chi connectivity index (χ0) is 22.1. The Morgan fingerprint density at radius 3 is 2.45 bits per heavy atom. The summed E-state index contributed by atoms with van der Waals surface area (Å²) >= 11 is 0. The number of carbonyl (C=O) groups is 2. The second-order valence-electron chi connectivity index (χ2n) is 8.43. The first-order valence-corrected chi connectivity index (χ1v) is 10.7. The molecule has 2 aromatic carbocycles. The van der Waals surface area contributed by atoms with Gasteiger partial charge in [0.1, 0.15) is 17.3 Å². The summed E-state index contributed by atoms with van der Waals surface area (Å²) in [7, 11) is 0. The Hall–Kier alpha value is -3.28. The highest BCUT2D eigenvalue weighted by atomic mass is 16.5. The van der Waals surface area contributed by atoms with Crippen molar-refractivity contribution in [3.63, 3.8) is 0 Å². The number of carbonyl (C=O) groups excluding carboxylic acids is 2. The fourth-order valence-corrected chi connectivity index (χ4v) is 4.58. The monoisotopic (exact) mass is 421 g/mol. The van der Waals surface area contributed by atoms with E-state index < -0.39 is 17.7 Å². The van der Waals surface area contributed by atoms with E-state index in [1.165, 1.54) is 6.07 Å². The number of hydrogen-bond acceptors (Lipinski definition) is 5. The number of nitrogens with zero attached hydrogens (tertiary/aromatic N) is 1. The van der Waals surface area contributed by atoms with Crippen molar-refractivity contribution < 1.29 is 24.5 Å². The first kappa shape index (κ1) is 21.0. The maximum Gasteiger partial charge on any atom is 0.295 e. The Morgan fingerprint density at radius 2 is 1.77 bits per heavy atom. The van der Waals surface area contributed by atoms with Gasteiger partial charge in [0.2, 0.25) is 0 Å². The van der Waals surface area contributed by atoms with Gasteiger partial charge in [-0.1, -0.05) is 37.1 Å². The van der Waals surface area contributed by atoms with Crippen molar-refractivity contribution in [1.82, 2.24) is 4.90 Å². The van der Waals surface area contributed by atoms with Crippen molar-refractivity contribution in [2.75, 3.05) is 0 Å². The maximum atomic E-state index is 13.1. The van der Waals surface area contributed by atoms with Crippen LogP contribution in [-0.4, -0.2) is 38.9 Å². The van der Waals surface area contributed by atoms with E-state index in [9.17, 15) is 19.8 Å². The number of benzene rings is 2. The van der Waals surface area contributed by atoms with Gasteiger partial charge in [-0.25, -0.2) is 0 Å². The highest BCUT2D eigenvalue weighted by Gasteiger charge is 2.49. The summed E-state index contributed by atoms with van der Waals surface area (Å²) in [5.74, 6) is -0.925. The molecule has 1 saturated heterocycles. The van der Waals surface area contributed by atoms with E-state index in [-0.39, 0.29) is 29.2 Å². The highest BCUT2D eigenvalue weighted by Crippen LogP contribution is 2.44. The normalized spacial score (nSPS) is 21.3. The molecule has 2 fully saturated rings. The fourth-order valence-electron chi connectivity index (χ4n) is 4.58. The van der Waals surface area contributed by atoms with Gasteiger partial charge in [-0.2, -0.15) is 0 Å². The summed E-state index contributed by atoms with van der Waals surface area (Å²) in [5.41, 5.74) is 1.05. The number of rotatable bonds is 5. The molecule has 4 rings (SSSR count). The van der Waals surface area contributed by atoms with Crippen molar-refractivity contribution in [3.8, 4) is 11.5 Å². The Bertz CT molecular complexity index is 1040. The van der Waals surface area contributed by atoms with Gasteiger partial charge in [0.05, 0.1) is 17.7 Å². The van der Waals surface area contributed by atoms with E-state index >= 15 is 0 Å². The molecule has 1 heterocycles. The SMILES string of the molecule is CC(C)Oc1cccc(/C(O)=C2/C(=O)C(=O)N(C3CCCC3)C2c2cccc(O)c2)c1. The van der Waals surface area contributed by atoms with E-state index in [4.69, 9.17) is 4.74 Å². The number of phenolic OH excluding ortho intramolecular Hbond substituents is 1. The van der Waals surface area contributed by atoms with Crippen LogP contribution in [0.15, 0.2) is 54.1 Å². The molecule has 1 aliphatic carbocycles. The van der Waals surface area contributed by atoms with Crippen LogP contribution in [0.3, 0.4) is 0 Å². The van der Waals surface area contributed by atoms with Crippen molar-refractivity contribution in [2.45, 2.75) is 57.7 Å². The summed E-state index contributed by atoms with van der Waals surface area (Å²) in [6.45, 7) is 3.81. The molecule has 1 saturated carbocycles. The van der Waals surface area contributed by atoms with Crippen LogP contribution in [0, 0.1) is 0 Å². The van der Waals surface area contributed by atoms with Crippen LogP contribution in [0.1, 0.15) is 56.7 Å². The van der Waals surface area contributed by atoms with Gasteiger partial charge in [0.25, 0.3) is 11.7 Å². The summed E-state index contributed by atoms with van der Waals surface area (Å²) in [5, 5.41) is 21.2. The van der Waals surface area contributed by atoms with E-state index in [0.29, 0.717) is 16.9 Å². The molecule has 0 spiro atoms. The Labute approximate surface area is 181 Å². The second kappa shape index (κ2) is 8.46. The molecule has 6 nitrogen and oxygen atoms in total. The number of aliphatic hydroxyl groups is 1. The minimum absolute atomic E-state index is 0.0434. The number of likely N-dealkylation sites (tertiary alicyclic amines) is 1. The maximum absolute atomic E-state index is 13.1. The molecule has 0 bridgehead atoms. The molecular weight excluding hydrogens is 394 g/mol. The van der Waals surface area contributed by atoms with E-state index in [1.807, 2.05) is 13.8 Å². The minimum Gasteiger partial charge on any atom is -0.508 e. The lowest BCUT2D eigenvalue weighted by Crippen LogP contribution is -2.37. The van der Waals surface area contributed by atoms with Gasteiger partial charge in [-0.05, 0) is 56.5 Å². The first-order chi connectivity index (χ1) is 14.9. The lowest BCUT2D eigenvalue weighted by Gasteiger charge is -2.30. The zero-order valence-corrected chi connectivity index (χ0v) is 17.7. The second-order valence-corrected chi connectivity index (χ2v) is 8.43. The largest absolute Gasteiger partial charge is 0.508 e. The number of amides is 1. The third-order valence-electron chi connectivity index (χ3n) is 5.86. The number of hydrogen-bond donors (Lipinski definition) is 2. The molecule has 2 aromatic rings. The topological polar surface area (TPSA) is 87.1 Å². The van der Waals surface area contributed by atoms with Crippen molar-refractivity contribution in [2.24, 2.45) is 0 Å². The Kier molecular flexibility index (Phi) is 5.72. The summed E-state index contributed by atoms with van der Waals surface area (Å²) < 4.78 is 5.72. The number of ether oxygens (including phenoxy) is 1. The first-order valence-electron chi connectivity index (χ1n) is 10.7. The number of phenols is 1. The molecule has 0 aromatic heterocycles. The Balaban J connectivity index is 1.85. The smallest absolute Gasteiger partial charge is 0.295 e. The predicted octanol–water partition coefficient (Wildman–Crippen LogP) is 4.54. The van der Waals surface area contributed by atoms with Gasteiger partial charge in [0, 0.05) is 11.6 Å². The van der Waals surface area contributed by atoms with Crippen LogP contribution in [-0.2, 0) is 9.59 Å². The van der Waals surface area contributed by atoms with Crippen LogP contribution < -0.4 is 4.74 Å². The molecule has 1 unspecified atom stereocenters. The van der Waals surface area contributed by atoms with E-state index in [1.54, 1.807) is 47.4 Å². The van der Waals surface area contributed by atoms with Crippen LogP contribution in [0.25, 0.3) is 5.76 Å². The number of Topliss-reactive ketones (excluding diaryl/α,β-unsaturated/α-hetero) is 1. The van der Waals surface area contributed by atoms with Gasteiger partial charge >= 0.3 is 0 Å². The van der Waals surface area contributed by atoms with Crippen molar-refractivity contribution in [3.05, 3.63) is 65.2 Å². The third kappa shape index (κ3) is 4.02. The van der Waals surface area contributed by atoms with Crippen molar-refractivity contribution in [1.29, 1.82) is 0 Å². The molecular formula is C25H27NO5. The van der Waals surface area contributed by atoms with Crippen LogP contribution in [0.4, 0.5) is 0 Å². The third-order valence-corrected chi connectivity index (χ3v) is 5.86. The van der Waals surface area contributed by atoms with Gasteiger partial charge in [0.15, 0.2) is 0 Å². The lowest BCUT2D eigenvalue weighted by molar-refractivity contribution is -0.141. The molecule has 31 heavy (non-hydrogen) atoms. The van der Waals surface area contributed by atoms with E-state index in [0.717, 1.165) is 25.7 Å². The van der Waals surface area contributed by atoms with Gasteiger partial charge in [-0.15, -0.1) is 0 Å². The van der Waals surface area contributed by atoms with Crippen LogP contribution >= 0.6 is 0 Å². The minimum atomic E-state index is -0.745. The quantitative estimate of drug-likeness (QED) is 0.420. The van der Waals surface area contributed by atoms with Crippen molar-refractivity contribution >= 4 is 17.4 Å². The summed E-state index contributed by atoms with van der Waals surface area (Å²) in [6.07, 6.45) is 3.59. The Morgan fingerprint density at radius 1 is 1.06 bits per heavy atom. The number of aromatic hydroxyl groups is 1. The van der Waals surface area contributed by atoms with Crippen LogP contribution in [0.2, 0.25) is 0 Å². The molecule has 162 valence electrons. The molecule has 2 N–H and O–H groups in total. The summed E-state index contributed by atoms with van der Waals surface area (Å²) in [4.78, 5) is 27.8. The molecule has 1 aliphatic heterocycles. The molecule has 1 atom stereocenters. The van der Waals surface area contributed by atoms with Gasteiger partial charge in [-0.3, -0.25) is 9.59 Å². The molecule has 6 heteroatoms. The van der Waals surface area contributed by atoms with Crippen LogP contribution in [0.5, 0.6) is 11.5 Å². The van der Waals surface area contributed by atoms with E-state index in [2.05, 4.69) is 0 Å². The fraction of sp³-hybridized carbons (Fsp3) is 0.360. The number of ketones is 1. The number of aliphatic hydroxyl groups excluding tert-OH is 1. The molecule has 0 radical (unpaired) electrons. The van der Waals surface area contributed by atoms with Gasteiger partial charge < -0.3 is 19.8 Å². The summed E-state index contributed by atoms with van der Waals surface area (Å²) in [6, 6.07) is 12.6. The lowest BCUT2D eigenvalue weighted by atomic mass is 9.94. The molecule has 2 aliphatic rings. The average Bonchev–Trinajstić information content (AvgIpc) is 3.34.